The Kier molecular flexibility index (Phi) is 4.65. The normalized spacial score (nSPS) is 13.8. The third-order valence-corrected chi connectivity index (χ3v) is 2.70. The minimum Gasteiger partial charge on any atom is -0.490 e. The molecule has 1 aromatic rings. The smallest absolute Gasteiger partial charge is 0.173 e. The first-order valence-corrected chi connectivity index (χ1v) is 6.53. The van der Waals surface area contributed by atoms with Gasteiger partial charge in [0.05, 0.1) is 6.61 Å². The van der Waals surface area contributed by atoms with Crippen LogP contribution in [0.4, 0.5) is 5.82 Å². The molecule has 5 nitrogen and oxygen atoms in total. The van der Waals surface area contributed by atoms with Crippen molar-refractivity contribution in [2.75, 3.05) is 11.9 Å². The van der Waals surface area contributed by atoms with E-state index in [0.29, 0.717) is 35.9 Å². The average molecular weight is 271 g/mol. The van der Waals surface area contributed by atoms with E-state index < -0.39 is 0 Å². The number of carbonyl (C=O) groups excluding carboxylic acids is 1. The second kappa shape index (κ2) is 6.65. The van der Waals surface area contributed by atoms with Crippen LogP contribution in [0, 0.1) is 5.41 Å². The Hall–Kier alpha value is -2.43. The summed E-state index contributed by atoms with van der Waals surface area (Å²) in [5.41, 5.74) is 1.80. The molecule has 0 aliphatic heterocycles. The Labute approximate surface area is 117 Å². The Balaban J connectivity index is 2.23. The van der Waals surface area contributed by atoms with Crippen molar-refractivity contribution in [3.63, 3.8) is 0 Å². The number of nitrogens with zero attached hydrogens (tertiary/aromatic N) is 1. The van der Waals surface area contributed by atoms with Gasteiger partial charge in [-0.2, -0.15) is 0 Å². The molecule has 0 bridgehead atoms. The molecule has 104 valence electrons. The molecule has 2 rings (SSSR count). The van der Waals surface area contributed by atoms with Crippen molar-refractivity contribution in [2.45, 2.75) is 19.8 Å². The minimum absolute atomic E-state index is 0.475. The number of rotatable bonds is 6. The number of carbonyl (C=O) groups is 1. The van der Waals surface area contributed by atoms with E-state index in [4.69, 9.17) is 10.1 Å². The molecule has 0 aromatic carbocycles. The molecule has 0 saturated carbocycles. The first kappa shape index (κ1) is 14.0. The molecule has 2 N–H and O–H groups in total. The minimum atomic E-state index is 0.475. The number of hydrogen-bond acceptors (Lipinski definition) is 5. The SMILES string of the molecule is CCCOc1cc(C=O)cnc1NC1=CC(=N)CC=C1. The zero-order valence-electron chi connectivity index (χ0n) is 11.3. The molecule has 1 aliphatic carbocycles. The Bertz CT molecular complexity index is 576. The number of anilines is 1. The molecule has 0 saturated heterocycles. The van der Waals surface area contributed by atoms with Crippen LogP contribution in [0.25, 0.3) is 0 Å². The van der Waals surface area contributed by atoms with Gasteiger partial charge in [0, 0.05) is 29.6 Å². The topological polar surface area (TPSA) is 75.1 Å². The summed E-state index contributed by atoms with van der Waals surface area (Å²) in [4.78, 5) is 15.0. The van der Waals surface area contributed by atoms with E-state index in [2.05, 4.69) is 10.3 Å². The fourth-order valence-corrected chi connectivity index (χ4v) is 1.76. The third kappa shape index (κ3) is 3.54. The van der Waals surface area contributed by atoms with E-state index in [1.54, 1.807) is 12.1 Å². The van der Waals surface area contributed by atoms with Gasteiger partial charge in [-0.05, 0) is 24.6 Å². The molecule has 20 heavy (non-hydrogen) atoms. The van der Waals surface area contributed by atoms with Crippen LogP contribution in [0.2, 0.25) is 0 Å². The first-order chi connectivity index (χ1) is 9.72. The highest BCUT2D eigenvalue weighted by Gasteiger charge is 2.09. The van der Waals surface area contributed by atoms with Crippen LogP contribution in [0.1, 0.15) is 30.1 Å². The molecule has 5 heteroatoms. The molecule has 1 aliphatic rings. The predicted molar refractivity (Wildman–Crippen MR) is 78.6 cm³/mol. The lowest BCUT2D eigenvalue weighted by Crippen LogP contribution is -2.08. The summed E-state index contributed by atoms with van der Waals surface area (Å²) < 4.78 is 5.61. The zero-order chi connectivity index (χ0) is 14.4. The maximum Gasteiger partial charge on any atom is 0.173 e. The molecule has 0 fully saturated rings. The highest BCUT2D eigenvalue weighted by atomic mass is 16.5. The van der Waals surface area contributed by atoms with Crippen molar-refractivity contribution in [2.24, 2.45) is 0 Å². The van der Waals surface area contributed by atoms with Gasteiger partial charge in [-0.1, -0.05) is 13.0 Å². The van der Waals surface area contributed by atoms with Crippen molar-refractivity contribution in [3.05, 3.63) is 41.8 Å². The van der Waals surface area contributed by atoms with Crippen molar-refractivity contribution in [1.82, 2.24) is 4.98 Å². The summed E-state index contributed by atoms with van der Waals surface area (Å²) in [6.07, 6.45) is 9.31. The van der Waals surface area contributed by atoms with Crippen molar-refractivity contribution < 1.29 is 9.53 Å². The Morgan fingerprint density at radius 1 is 1.55 bits per heavy atom. The van der Waals surface area contributed by atoms with Gasteiger partial charge in [-0.25, -0.2) is 4.98 Å². The summed E-state index contributed by atoms with van der Waals surface area (Å²) in [5.74, 6) is 1.09. The molecule has 1 aromatic heterocycles. The van der Waals surface area contributed by atoms with E-state index in [1.807, 2.05) is 19.1 Å². The first-order valence-electron chi connectivity index (χ1n) is 6.53. The lowest BCUT2D eigenvalue weighted by Gasteiger charge is -2.14. The summed E-state index contributed by atoms with van der Waals surface area (Å²) in [6.45, 7) is 2.57. The molecule has 0 unspecified atom stereocenters. The summed E-state index contributed by atoms with van der Waals surface area (Å²) in [5, 5.41) is 10.8. The maximum atomic E-state index is 10.8. The highest BCUT2D eigenvalue weighted by molar-refractivity contribution is 5.96. The molecule has 0 amide bonds. The summed E-state index contributed by atoms with van der Waals surface area (Å²) >= 11 is 0. The molecule has 0 atom stereocenters. The van der Waals surface area contributed by atoms with Crippen molar-refractivity contribution in [3.8, 4) is 5.75 Å². The van der Waals surface area contributed by atoms with Crippen LogP contribution < -0.4 is 10.1 Å². The van der Waals surface area contributed by atoms with Crippen LogP contribution in [0.5, 0.6) is 5.75 Å². The quantitative estimate of drug-likeness (QED) is 0.780. The van der Waals surface area contributed by atoms with Gasteiger partial charge in [-0.3, -0.25) is 4.79 Å². The number of aldehydes is 1. The monoisotopic (exact) mass is 271 g/mol. The predicted octanol–water partition coefficient (Wildman–Crippen LogP) is 2.96. The van der Waals surface area contributed by atoms with Gasteiger partial charge in [-0.15, -0.1) is 0 Å². The maximum absolute atomic E-state index is 10.8. The fourth-order valence-electron chi connectivity index (χ4n) is 1.76. The molecular weight excluding hydrogens is 254 g/mol. The summed E-state index contributed by atoms with van der Waals surface area (Å²) in [6, 6.07) is 1.66. The number of aromatic nitrogens is 1. The lowest BCUT2D eigenvalue weighted by atomic mass is 10.1. The van der Waals surface area contributed by atoms with E-state index in [0.717, 1.165) is 18.4 Å². The van der Waals surface area contributed by atoms with Crippen LogP contribution in [-0.2, 0) is 0 Å². The fraction of sp³-hybridized carbons (Fsp3) is 0.267. The summed E-state index contributed by atoms with van der Waals surface area (Å²) in [7, 11) is 0. The largest absolute Gasteiger partial charge is 0.490 e. The number of pyridine rings is 1. The second-order valence-corrected chi connectivity index (χ2v) is 4.44. The van der Waals surface area contributed by atoms with Crippen molar-refractivity contribution in [1.29, 1.82) is 5.41 Å². The lowest BCUT2D eigenvalue weighted by molar-refractivity contribution is 0.112. The van der Waals surface area contributed by atoms with Gasteiger partial charge < -0.3 is 15.5 Å². The number of ether oxygens (including phenoxy) is 1. The highest BCUT2D eigenvalue weighted by Crippen LogP contribution is 2.25. The second-order valence-electron chi connectivity index (χ2n) is 4.44. The third-order valence-electron chi connectivity index (χ3n) is 2.70. The van der Waals surface area contributed by atoms with Gasteiger partial charge in [0.15, 0.2) is 17.9 Å². The molecule has 1 heterocycles. The van der Waals surface area contributed by atoms with Gasteiger partial charge in [0.2, 0.25) is 0 Å². The Morgan fingerprint density at radius 2 is 2.40 bits per heavy atom. The van der Waals surface area contributed by atoms with Crippen LogP contribution >= 0.6 is 0 Å². The average Bonchev–Trinajstić information content (AvgIpc) is 2.46. The zero-order valence-corrected chi connectivity index (χ0v) is 11.3. The van der Waals surface area contributed by atoms with E-state index in [-0.39, 0.29) is 0 Å². The Morgan fingerprint density at radius 3 is 3.10 bits per heavy atom. The van der Waals surface area contributed by atoms with E-state index >= 15 is 0 Å². The standard InChI is InChI=1S/C15H17N3O2/c1-2-6-20-14-7-11(10-19)9-17-15(14)18-13-5-3-4-12(16)8-13/h3,5,7-10,16H,2,4,6H2,1H3,(H,17,18). The van der Waals surface area contributed by atoms with E-state index in [1.165, 1.54) is 6.20 Å². The number of nitrogens with one attached hydrogen (secondary N) is 2. The molecule has 0 radical (unpaired) electrons. The molecular formula is C15H17N3O2. The van der Waals surface area contributed by atoms with Gasteiger partial charge in [0.1, 0.15) is 0 Å². The van der Waals surface area contributed by atoms with Crippen LogP contribution in [-0.4, -0.2) is 23.6 Å². The molecule has 0 spiro atoms. The number of allylic oxidation sites excluding steroid dienone is 3. The van der Waals surface area contributed by atoms with Crippen LogP contribution in [0.15, 0.2) is 36.2 Å². The van der Waals surface area contributed by atoms with Crippen LogP contribution in [0.3, 0.4) is 0 Å². The van der Waals surface area contributed by atoms with Gasteiger partial charge >= 0.3 is 0 Å². The van der Waals surface area contributed by atoms with Crippen molar-refractivity contribution >= 4 is 17.8 Å². The van der Waals surface area contributed by atoms with E-state index in [9.17, 15) is 4.79 Å². The number of hydrogen-bond donors (Lipinski definition) is 2. The van der Waals surface area contributed by atoms with Gasteiger partial charge in [0.25, 0.3) is 0 Å².